The molecule has 4 atom stereocenters. The van der Waals surface area contributed by atoms with Gasteiger partial charge in [0.25, 0.3) is 0 Å². The molecule has 0 saturated carbocycles. The third-order valence-corrected chi connectivity index (χ3v) is 10.6. The van der Waals surface area contributed by atoms with Crippen LogP contribution in [0.5, 0.6) is 0 Å². The summed E-state index contributed by atoms with van der Waals surface area (Å²) in [7, 11) is -4.84. The molecular weight excluding hydrogens is 945 g/mol. The topological polar surface area (TPSA) is 143 Å². The van der Waals surface area contributed by atoms with Crippen LogP contribution in [0.1, 0.15) is 66.6 Å². The molecule has 0 aromatic heterocycles. The summed E-state index contributed by atoms with van der Waals surface area (Å²) in [6.07, 6.45) is 0.118. The van der Waals surface area contributed by atoms with E-state index in [0.29, 0.717) is 31.2 Å². The zero-order valence-corrected chi connectivity index (χ0v) is 32.5. The third kappa shape index (κ3) is 8.64. The normalized spacial score (nSPS) is 17.2. The van der Waals surface area contributed by atoms with Gasteiger partial charge in [0.2, 0.25) is 9.84 Å². The second-order valence-corrected chi connectivity index (χ2v) is 16.8. The lowest BCUT2D eigenvalue weighted by molar-refractivity contribution is -0.147. The summed E-state index contributed by atoms with van der Waals surface area (Å²) in [5.74, 6) is -5.28. The Morgan fingerprint density at radius 3 is 1.24 bits per heavy atom. The molecule has 2 aliphatic carbocycles. The number of ketones is 2. The average Bonchev–Trinajstić information content (AvgIpc) is 3.45. The first-order chi connectivity index (χ1) is 23.2. The highest BCUT2D eigenvalue weighted by molar-refractivity contribution is 9.11. The van der Waals surface area contributed by atoms with Gasteiger partial charge >= 0.3 is 17.4 Å². The van der Waals surface area contributed by atoms with Crippen molar-refractivity contribution in [2.24, 2.45) is 0 Å². The van der Waals surface area contributed by atoms with Crippen molar-refractivity contribution in [3.63, 3.8) is 0 Å². The van der Waals surface area contributed by atoms with Crippen LogP contribution in [0.2, 0.25) is 0 Å². The number of aliphatic carboxylic acids is 2. The lowest BCUT2D eigenvalue weighted by Gasteiger charge is -2.21. The molecule has 0 aliphatic heterocycles. The Morgan fingerprint density at radius 2 is 0.960 bits per heavy atom. The maximum atomic E-state index is 12.6. The first-order valence-corrected chi connectivity index (χ1v) is 19.2. The molecule has 262 valence electrons. The quantitative estimate of drug-likeness (QED) is 0.202. The Balaban J connectivity index is 0.000000186. The summed E-state index contributed by atoms with van der Waals surface area (Å²) in [6, 6.07) is 24.5. The number of carbonyl (C=O) groups is 4. The number of halogens is 7. The number of carboxylic acid groups (broad SMARTS) is 2. The molecule has 0 amide bonds. The molecule has 0 bridgehead atoms. The number of fused-ring (bicyclic) bond motifs is 5. The standard InChI is InChI=1S/C16H12Br2O4.C16H8Br2O2.C2H3F3O2S/c17-11-5-1-3-9(7-11)13(15(19)20)14(16(21)22)10-4-2-6-12(18)8-10;17-7-1-3-9-11(5-7)13-14(15(9)19)12-6-8(18)2-4-10(12)16(13)20;1-8(6,7)2(3,4)5/h1-8,13-14H,(H,19,20)(H,21,22);1-6,13-14H;1H3. The SMILES string of the molecule is CS(=O)(=O)C(F)(F)F.O=C(O)C(c1cccc(Br)c1)C(C(=O)O)c1cccc(Br)c1.O=C1c2ccc(Br)cc2C2C(=O)c3ccc(Br)cc3C12. The predicted octanol–water partition coefficient (Wildman–Crippen LogP) is 9.27. The van der Waals surface area contributed by atoms with Crippen LogP contribution in [0.25, 0.3) is 0 Å². The smallest absolute Gasteiger partial charge is 0.481 e. The molecule has 4 aromatic carbocycles. The van der Waals surface area contributed by atoms with Gasteiger partial charge in [-0.3, -0.25) is 19.2 Å². The number of sulfone groups is 1. The van der Waals surface area contributed by atoms with Crippen LogP contribution in [-0.4, -0.2) is 53.9 Å². The van der Waals surface area contributed by atoms with Gasteiger partial charge < -0.3 is 10.2 Å². The molecule has 2 aliphatic rings. The van der Waals surface area contributed by atoms with Gasteiger partial charge in [0.05, 0.1) is 23.7 Å². The van der Waals surface area contributed by atoms with Crippen molar-refractivity contribution in [2.75, 3.05) is 6.26 Å². The van der Waals surface area contributed by atoms with E-state index in [4.69, 9.17) is 0 Å². The van der Waals surface area contributed by atoms with Gasteiger partial charge in [-0.15, -0.1) is 0 Å². The number of carboxylic acids is 2. The Hall–Kier alpha value is -3.18. The summed E-state index contributed by atoms with van der Waals surface area (Å²) in [5, 5.41) is 19.2. The number of hydrogen-bond acceptors (Lipinski definition) is 6. The highest BCUT2D eigenvalue weighted by atomic mass is 79.9. The number of carbonyl (C=O) groups excluding carboxylic acids is 2. The fourth-order valence-electron chi connectivity index (χ4n) is 5.67. The predicted molar refractivity (Wildman–Crippen MR) is 192 cm³/mol. The van der Waals surface area contributed by atoms with E-state index in [1.165, 1.54) is 0 Å². The minimum atomic E-state index is -5.09. The molecule has 0 heterocycles. The Kier molecular flexibility index (Phi) is 12.4. The Bertz CT molecular complexity index is 1990. The lowest BCUT2D eigenvalue weighted by Crippen LogP contribution is -2.26. The van der Waals surface area contributed by atoms with Crippen molar-refractivity contribution < 1.29 is 51.0 Å². The van der Waals surface area contributed by atoms with E-state index in [0.717, 1.165) is 20.1 Å². The van der Waals surface area contributed by atoms with E-state index in [1.54, 1.807) is 48.5 Å². The second kappa shape index (κ2) is 15.6. The minimum absolute atomic E-state index is 0.0581. The van der Waals surface area contributed by atoms with E-state index in [1.807, 2.05) is 36.4 Å². The first kappa shape index (κ1) is 39.6. The average molecular weight is 968 g/mol. The lowest BCUT2D eigenvalue weighted by atomic mass is 9.81. The van der Waals surface area contributed by atoms with Gasteiger partial charge in [0.15, 0.2) is 11.6 Å². The molecule has 50 heavy (non-hydrogen) atoms. The van der Waals surface area contributed by atoms with Crippen LogP contribution < -0.4 is 0 Å². The van der Waals surface area contributed by atoms with Crippen LogP contribution in [0.3, 0.4) is 0 Å². The largest absolute Gasteiger partial charge is 0.497 e. The summed E-state index contributed by atoms with van der Waals surface area (Å²) < 4.78 is 55.2. The Labute approximate surface area is 317 Å². The second-order valence-electron chi connectivity index (χ2n) is 11.1. The highest BCUT2D eigenvalue weighted by Gasteiger charge is 2.50. The zero-order valence-electron chi connectivity index (χ0n) is 25.3. The van der Waals surface area contributed by atoms with E-state index >= 15 is 0 Å². The van der Waals surface area contributed by atoms with Crippen molar-refractivity contribution in [1.82, 2.24) is 0 Å². The van der Waals surface area contributed by atoms with Crippen molar-refractivity contribution in [3.05, 3.63) is 136 Å². The third-order valence-electron chi connectivity index (χ3n) is 7.83. The summed E-state index contributed by atoms with van der Waals surface area (Å²) in [5.41, 5.74) is -1.14. The zero-order chi connectivity index (χ0) is 37.3. The molecule has 0 fully saturated rings. The number of hydrogen-bond donors (Lipinski definition) is 2. The molecule has 4 unspecified atom stereocenters. The van der Waals surface area contributed by atoms with Gasteiger partial charge in [0.1, 0.15) is 0 Å². The van der Waals surface area contributed by atoms with Crippen molar-refractivity contribution in [1.29, 1.82) is 0 Å². The van der Waals surface area contributed by atoms with Crippen molar-refractivity contribution >= 4 is 97.1 Å². The molecule has 0 spiro atoms. The molecular formula is C34H23Br4F3O8S. The molecule has 8 nitrogen and oxygen atoms in total. The van der Waals surface area contributed by atoms with Crippen LogP contribution in [-0.2, 0) is 19.4 Å². The molecule has 0 radical (unpaired) electrons. The number of Topliss-reactive ketones (excluding diaryl/α,β-unsaturated/α-hetero) is 2. The monoisotopic (exact) mass is 964 g/mol. The highest BCUT2D eigenvalue weighted by Crippen LogP contribution is 2.52. The maximum Gasteiger partial charge on any atom is 0.497 e. The molecule has 0 saturated heterocycles. The number of rotatable bonds is 5. The van der Waals surface area contributed by atoms with Gasteiger partial charge in [-0.25, -0.2) is 8.42 Å². The maximum absolute atomic E-state index is 12.6. The van der Waals surface area contributed by atoms with Crippen molar-refractivity contribution in [2.45, 2.75) is 29.2 Å². The minimum Gasteiger partial charge on any atom is -0.481 e. The van der Waals surface area contributed by atoms with Crippen LogP contribution in [0.15, 0.2) is 103 Å². The summed E-state index contributed by atoms with van der Waals surface area (Å²) >= 11 is 13.4. The van der Waals surface area contributed by atoms with Gasteiger partial charge in [-0.05, 0) is 82.9 Å². The van der Waals surface area contributed by atoms with E-state index < -0.39 is 39.1 Å². The molecule has 4 aromatic rings. The summed E-state index contributed by atoms with van der Waals surface area (Å²) in [6.45, 7) is 0. The Morgan fingerprint density at radius 1 is 0.640 bits per heavy atom. The fourth-order valence-corrected chi connectivity index (χ4v) is 7.26. The number of benzene rings is 4. The van der Waals surface area contributed by atoms with Gasteiger partial charge in [-0.1, -0.05) is 88.0 Å². The van der Waals surface area contributed by atoms with Crippen LogP contribution in [0.4, 0.5) is 13.2 Å². The molecule has 16 heteroatoms. The van der Waals surface area contributed by atoms with Crippen LogP contribution >= 0.6 is 63.7 Å². The fraction of sp³-hybridized carbons (Fsp3) is 0.176. The molecule has 6 rings (SSSR count). The van der Waals surface area contributed by atoms with Gasteiger partial charge in [0, 0.05) is 35.3 Å². The van der Waals surface area contributed by atoms with Crippen molar-refractivity contribution in [3.8, 4) is 0 Å². The number of alkyl halides is 3. The molecule has 2 N–H and O–H groups in total. The summed E-state index contributed by atoms with van der Waals surface area (Å²) in [4.78, 5) is 48.7. The van der Waals surface area contributed by atoms with E-state index in [-0.39, 0.29) is 29.7 Å². The van der Waals surface area contributed by atoms with Crippen LogP contribution in [0, 0.1) is 0 Å². The first-order valence-electron chi connectivity index (χ1n) is 14.1. The van der Waals surface area contributed by atoms with E-state index in [2.05, 4.69) is 63.7 Å². The van der Waals surface area contributed by atoms with E-state index in [9.17, 15) is 51.0 Å². The van der Waals surface area contributed by atoms with Gasteiger partial charge in [-0.2, -0.15) is 13.2 Å².